The van der Waals surface area contributed by atoms with Crippen molar-refractivity contribution in [3.63, 3.8) is 0 Å². The van der Waals surface area contributed by atoms with Gasteiger partial charge >= 0.3 is 0 Å². The van der Waals surface area contributed by atoms with Gasteiger partial charge in [-0.05, 0) is 62.1 Å². The van der Waals surface area contributed by atoms with E-state index in [4.69, 9.17) is 4.74 Å². The molecule has 0 saturated carbocycles. The van der Waals surface area contributed by atoms with Gasteiger partial charge in [-0.2, -0.15) is 0 Å². The monoisotopic (exact) mass is 607 g/mol. The largest absolute Gasteiger partial charge is 0.494 e. The third-order valence-corrected chi connectivity index (χ3v) is 8.32. The summed E-state index contributed by atoms with van der Waals surface area (Å²) in [5.41, 5.74) is 3.46. The third kappa shape index (κ3) is 10.7. The summed E-state index contributed by atoms with van der Waals surface area (Å²) in [4.78, 5) is 29.2. The first-order chi connectivity index (χ1) is 20.6. The van der Waals surface area contributed by atoms with Gasteiger partial charge in [0.2, 0.25) is 21.8 Å². The number of amides is 2. The molecule has 43 heavy (non-hydrogen) atoms. The van der Waals surface area contributed by atoms with Gasteiger partial charge in [0.05, 0.1) is 18.6 Å². The summed E-state index contributed by atoms with van der Waals surface area (Å²) in [6.07, 6.45) is 3.70. The number of aryl methyl sites for hydroxylation is 1. The smallest absolute Gasteiger partial charge is 0.243 e. The topological polar surface area (TPSA) is 96.0 Å². The molecule has 0 aliphatic heterocycles. The molecule has 8 nitrogen and oxygen atoms in total. The molecule has 1 atom stereocenters. The van der Waals surface area contributed by atoms with Crippen LogP contribution in [0.5, 0.6) is 5.75 Å². The molecule has 0 fully saturated rings. The number of carbonyl (C=O) groups is 2. The van der Waals surface area contributed by atoms with Crippen LogP contribution in [0.1, 0.15) is 56.2 Å². The SMILES string of the molecule is CCCCNC(=O)[C@H](Cc1ccccc1)N(Cc1cccc(C)c1)C(=O)CCCN(c1ccc(OCC)cc1)S(C)(=O)=O. The maximum atomic E-state index is 13.9. The van der Waals surface area contributed by atoms with Gasteiger partial charge in [0.1, 0.15) is 11.8 Å². The molecule has 3 rings (SSSR count). The lowest BCUT2D eigenvalue weighted by Gasteiger charge is -2.32. The van der Waals surface area contributed by atoms with Crippen molar-refractivity contribution in [2.45, 2.75) is 65.5 Å². The van der Waals surface area contributed by atoms with E-state index in [1.54, 1.807) is 29.2 Å². The van der Waals surface area contributed by atoms with Gasteiger partial charge in [-0.15, -0.1) is 0 Å². The van der Waals surface area contributed by atoms with Crippen molar-refractivity contribution in [2.75, 3.05) is 30.3 Å². The lowest BCUT2D eigenvalue weighted by atomic mass is 10.0. The number of nitrogens with one attached hydrogen (secondary N) is 1. The summed E-state index contributed by atoms with van der Waals surface area (Å²) in [6, 6.07) is 23.8. The van der Waals surface area contributed by atoms with Crippen LogP contribution in [0, 0.1) is 6.92 Å². The molecule has 3 aromatic carbocycles. The Morgan fingerprint density at radius 1 is 0.907 bits per heavy atom. The van der Waals surface area contributed by atoms with Crippen LogP contribution in [0.25, 0.3) is 0 Å². The number of unbranched alkanes of at least 4 members (excludes halogenated alkanes) is 1. The Morgan fingerprint density at radius 3 is 2.23 bits per heavy atom. The molecule has 1 N–H and O–H groups in total. The van der Waals surface area contributed by atoms with E-state index in [0.29, 0.717) is 37.4 Å². The highest BCUT2D eigenvalue weighted by atomic mass is 32.2. The van der Waals surface area contributed by atoms with E-state index in [0.717, 1.165) is 35.8 Å². The van der Waals surface area contributed by atoms with Crippen LogP contribution in [0.3, 0.4) is 0 Å². The number of carbonyl (C=O) groups excluding carboxylic acids is 2. The zero-order chi connectivity index (χ0) is 31.2. The fourth-order valence-corrected chi connectivity index (χ4v) is 5.91. The number of benzene rings is 3. The van der Waals surface area contributed by atoms with E-state index in [-0.39, 0.29) is 31.3 Å². The molecular formula is C34H45N3O5S. The molecule has 3 aromatic rings. The maximum absolute atomic E-state index is 13.9. The molecule has 0 aliphatic carbocycles. The molecule has 0 radical (unpaired) electrons. The van der Waals surface area contributed by atoms with Gasteiger partial charge in [0.15, 0.2) is 0 Å². The average molecular weight is 608 g/mol. The van der Waals surface area contributed by atoms with E-state index >= 15 is 0 Å². The second-order valence-corrected chi connectivity index (χ2v) is 12.6. The van der Waals surface area contributed by atoms with E-state index in [1.807, 2.05) is 68.4 Å². The van der Waals surface area contributed by atoms with Crippen molar-refractivity contribution in [2.24, 2.45) is 0 Å². The van der Waals surface area contributed by atoms with E-state index in [1.165, 1.54) is 4.31 Å². The van der Waals surface area contributed by atoms with Gasteiger partial charge < -0.3 is 15.0 Å². The summed E-state index contributed by atoms with van der Waals surface area (Å²) in [5.74, 6) is 0.266. The number of sulfonamides is 1. The number of rotatable bonds is 17. The molecule has 0 aliphatic rings. The highest BCUT2D eigenvalue weighted by molar-refractivity contribution is 7.92. The summed E-state index contributed by atoms with van der Waals surface area (Å²) >= 11 is 0. The van der Waals surface area contributed by atoms with Crippen LogP contribution in [0.2, 0.25) is 0 Å². The molecule has 0 heterocycles. The minimum absolute atomic E-state index is 0.0857. The van der Waals surface area contributed by atoms with E-state index in [2.05, 4.69) is 12.2 Å². The summed E-state index contributed by atoms with van der Waals surface area (Å²) in [5, 5.41) is 3.04. The van der Waals surface area contributed by atoms with Crippen molar-refractivity contribution in [3.05, 3.63) is 95.6 Å². The Kier molecular flexibility index (Phi) is 13.1. The average Bonchev–Trinajstić information content (AvgIpc) is 2.98. The van der Waals surface area contributed by atoms with Gasteiger partial charge in [-0.25, -0.2) is 8.42 Å². The van der Waals surface area contributed by atoms with Crippen molar-refractivity contribution in [3.8, 4) is 5.75 Å². The van der Waals surface area contributed by atoms with Crippen molar-refractivity contribution in [1.29, 1.82) is 0 Å². The van der Waals surface area contributed by atoms with Crippen LogP contribution >= 0.6 is 0 Å². The summed E-state index contributed by atoms with van der Waals surface area (Å²) in [7, 11) is -3.59. The molecule has 232 valence electrons. The number of anilines is 1. The van der Waals surface area contributed by atoms with Gasteiger partial charge in [-0.3, -0.25) is 13.9 Å². The van der Waals surface area contributed by atoms with Crippen LogP contribution in [-0.4, -0.2) is 57.1 Å². The highest BCUT2D eigenvalue weighted by Crippen LogP contribution is 2.23. The Morgan fingerprint density at radius 2 is 1.60 bits per heavy atom. The molecule has 0 aromatic heterocycles. The van der Waals surface area contributed by atoms with Crippen LogP contribution < -0.4 is 14.4 Å². The van der Waals surface area contributed by atoms with Gasteiger partial charge in [0, 0.05) is 32.5 Å². The Bertz CT molecular complexity index is 1410. The lowest BCUT2D eigenvalue weighted by molar-refractivity contribution is -0.141. The molecule has 0 spiro atoms. The fraction of sp³-hybridized carbons (Fsp3) is 0.412. The summed E-state index contributed by atoms with van der Waals surface area (Å²) < 4.78 is 32.2. The highest BCUT2D eigenvalue weighted by Gasteiger charge is 2.30. The van der Waals surface area contributed by atoms with Crippen LogP contribution in [0.15, 0.2) is 78.9 Å². The molecular weight excluding hydrogens is 562 g/mol. The first-order valence-corrected chi connectivity index (χ1v) is 16.8. The zero-order valence-electron chi connectivity index (χ0n) is 25.8. The maximum Gasteiger partial charge on any atom is 0.243 e. The minimum atomic E-state index is -3.59. The third-order valence-electron chi connectivity index (χ3n) is 7.12. The molecule has 0 saturated heterocycles. The predicted octanol–water partition coefficient (Wildman–Crippen LogP) is 5.50. The summed E-state index contributed by atoms with van der Waals surface area (Å²) in [6.45, 7) is 7.40. The van der Waals surface area contributed by atoms with Crippen molar-refractivity contribution >= 4 is 27.5 Å². The van der Waals surface area contributed by atoms with E-state index < -0.39 is 16.1 Å². The molecule has 2 amide bonds. The minimum Gasteiger partial charge on any atom is -0.494 e. The second kappa shape index (κ2) is 16.7. The van der Waals surface area contributed by atoms with Gasteiger partial charge in [0.25, 0.3) is 0 Å². The first-order valence-electron chi connectivity index (χ1n) is 15.0. The standard InChI is InChI=1S/C34H45N3O5S/c1-5-7-22-35-34(39)32(25-28-14-9-8-10-15-28)36(26-29-16-11-13-27(3)24-29)33(38)17-12-23-37(43(4,40)41)30-18-20-31(21-19-30)42-6-2/h8-11,13-16,18-21,24,32H,5-7,12,17,22-23,25-26H2,1-4H3,(H,35,39)/t32-/m0/s1. The molecule has 9 heteroatoms. The number of hydrogen-bond donors (Lipinski definition) is 1. The first kappa shape index (κ1) is 33.6. The van der Waals surface area contributed by atoms with Crippen LogP contribution in [-0.2, 0) is 32.6 Å². The Labute approximate surface area is 257 Å². The quantitative estimate of drug-likeness (QED) is 0.205. The Balaban J connectivity index is 1.85. The second-order valence-electron chi connectivity index (χ2n) is 10.7. The van der Waals surface area contributed by atoms with Gasteiger partial charge in [-0.1, -0.05) is 73.5 Å². The van der Waals surface area contributed by atoms with Crippen LogP contribution in [0.4, 0.5) is 5.69 Å². The van der Waals surface area contributed by atoms with E-state index in [9.17, 15) is 18.0 Å². The Hall–Kier alpha value is -3.85. The number of hydrogen-bond acceptors (Lipinski definition) is 5. The normalized spacial score (nSPS) is 11.9. The molecule has 0 unspecified atom stereocenters. The predicted molar refractivity (Wildman–Crippen MR) is 173 cm³/mol. The number of ether oxygens (including phenoxy) is 1. The zero-order valence-corrected chi connectivity index (χ0v) is 26.6. The fourth-order valence-electron chi connectivity index (χ4n) is 4.95. The van der Waals surface area contributed by atoms with Crippen molar-refractivity contribution in [1.82, 2.24) is 10.2 Å². The molecule has 0 bridgehead atoms. The number of nitrogens with zero attached hydrogens (tertiary/aromatic N) is 2. The lowest BCUT2D eigenvalue weighted by Crippen LogP contribution is -2.50. The van der Waals surface area contributed by atoms with Crippen molar-refractivity contribution < 1.29 is 22.7 Å².